The predicted molar refractivity (Wildman–Crippen MR) is 55.5 cm³/mol. The third-order valence-electron chi connectivity index (χ3n) is 1.85. The standard InChI is InChI=1S/C10H14ClNO/c1-7-4-8(6-12-2)10(11)9(5-7)13-3/h4-5,12H,6H2,1-3H3. The molecule has 0 radical (unpaired) electrons. The summed E-state index contributed by atoms with van der Waals surface area (Å²) in [7, 11) is 3.52. The fourth-order valence-electron chi connectivity index (χ4n) is 1.28. The van der Waals surface area contributed by atoms with E-state index >= 15 is 0 Å². The van der Waals surface area contributed by atoms with Gasteiger partial charge in [-0.2, -0.15) is 0 Å². The average Bonchev–Trinajstić information content (AvgIpc) is 2.11. The minimum absolute atomic E-state index is 0.697. The van der Waals surface area contributed by atoms with Gasteiger partial charge in [0.15, 0.2) is 0 Å². The number of nitrogens with one attached hydrogen (secondary N) is 1. The first-order valence-electron chi connectivity index (χ1n) is 4.16. The van der Waals surface area contributed by atoms with E-state index in [1.54, 1.807) is 7.11 Å². The second kappa shape index (κ2) is 4.49. The Morgan fingerprint density at radius 2 is 2.15 bits per heavy atom. The predicted octanol–water partition coefficient (Wildman–Crippen LogP) is 2.38. The number of ether oxygens (including phenoxy) is 1. The molecule has 0 spiro atoms. The molecule has 0 atom stereocenters. The maximum Gasteiger partial charge on any atom is 0.138 e. The van der Waals surface area contributed by atoms with Crippen molar-refractivity contribution >= 4 is 11.6 Å². The molecule has 1 rings (SSSR count). The molecule has 1 aromatic rings. The topological polar surface area (TPSA) is 21.3 Å². The first-order chi connectivity index (χ1) is 6.19. The van der Waals surface area contributed by atoms with E-state index in [2.05, 4.69) is 11.4 Å². The van der Waals surface area contributed by atoms with Crippen LogP contribution in [0, 0.1) is 6.92 Å². The Balaban J connectivity index is 3.11. The van der Waals surface area contributed by atoms with Crippen molar-refractivity contribution in [3.05, 3.63) is 28.3 Å². The quantitative estimate of drug-likeness (QED) is 0.807. The molecule has 72 valence electrons. The molecular formula is C10H14ClNO. The zero-order valence-corrected chi connectivity index (χ0v) is 8.90. The fraction of sp³-hybridized carbons (Fsp3) is 0.400. The minimum atomic E-state index is 0.697. The Bertz CT molecular complexity index is 299. The first kappa shape index (κ1) is 10.4. The molecule has 3 heteroatoms. The van der Waals surface area contributed by atoms with E-state index in [4.69, 9.17) is 16.3 Å². The summed E-state index contributed by atoms with van der Waals surface area (Å²) in [5.41, 5.74) is 2.23. The molecule has 1 aromatic carbocycles. The van der Waals surface area contributed by atoms with Gasteiger partial charge in [0, 0.05) is 6.54 Å². The highest BCUT2D eigenvalue weighted by molar-refractivity contribution is 6.32. The summed E-state index contributed by atoms with van der Waals surface area (Å²) in [6.07, 6.45) is 0. The highest BCUT2D eigenvalue weighted by atomic mass is 35.5. The number of hydrogen-bond acceptors (Lipinski definition) is 2. The van der Waals surface area contributed by atoms with Gasteiger partial charge in [0.05, 0.1) is 12.1 Å². The van der Waals surface area contributed by atoms with Crippen LogP contribution in [-0.4, -0.2) is 14.2 Å². The summed E-state index contributed by atoms with van der Waals surface area (Å²) >= 11 is 6.09. The van der Waals surface area contributed by atoms with Crippen LogP contribution in [-0.2, 0) is 6.54 Å². The number of methoxy groups -OCH3 is 1. The van der Waals surface area contributed by atoms with Gasteiger partial charge in [0.2, 0.25) is 0 Å². The molecule has 0 aliphatic carbocycles. The van der Waals surface area contributed by atoms with Gasteiger partial charge in [-0.05, 0) is 31.2 Å². The molecule has 0 aromatic heterocycles. The third kappa shape index (κ3) is 2.36. The van der Waals surface area contributed by atoms with Gasteiger partial charge in [-0.25, -0.2) is 0 Å². The van der Waals surface area contributed by atoms with Crippen molar-refractivity contribution in [3.8, 4) is 5.75 Å². The Hall–Kier alpha value is -0.730. The molecule has 0 saturated heterocycles. The van der Waals surface area contributed by atoms with Crippen LogP contribution in [0.15, 0.2) is 12.1 Å². The van der Waals surface area contributed by atoms with Gasteiger partial charge in [-0.3, -0.25) is 0 Å². The van der Waals surface area contributed by atoms with Crippen molar-refractivity contribution in [1.29, 1.82) is 0 Å². The van der Waals surface area contributed by atoms with Crippen molar-refractivity contribution in [3.63, 3.8) is 0 Å². The zero-order valence-electron chi connectivity index (χ0n) is 8.15. The van der Waals surface area contributed by atoms with E-state index in [9.17, 15) is 0 Å². The van der Waals surface area contributed by atoms with Crippen LogP contribution in [0.3, 0.4) is 0 Å². The third-order valence-corrected chi connectivity index (χ3v) is 2.28. The minimum Gasteiger partial charge on any atom is -0.495 e. The number of hydrogen-bond donors (Lipinski definition) is 1. The Morgan fingerprint density at radius 3 is 2.69 bits per heavy atom. The van der Waals surface area contributed by atoms with Crippen molar-refractivity contribution < 1.29 is 4.74 Å². The lowest BCUT2D eigenvalue weighted by Gasteiger charge is -2.09. The maximum atomic E-state index is 6.09. The van der Waals surface area contributed by atoms with E-state index in [-0.39, 0.29) is 0 Å². The lowest BCUT2D eigenvalue weighted by Crippen LogP contribution is -2.06. The molecule has 0 bridgehead atoms. The van der Waals surface area contributed by atoms with Gasteiger partial charge < -0.3 is 10.1 Å². The molecule has 0 aliphatic heterocycles. The van der Waals surface area contributed by atoms with Crippen LogP contribution in [0.4, 0.5) is 0 Å². The Morgan fingerprint density at radius 1 is 1.46 bits per heavy atom. The van der Waals surface area contributed by atoms with E-state index in [1.807, 2.05) is 20.0 Å². The molecule has 2 nitrogen and oxygen atoms in total. The molecular weight excluding hydrogens is 186 g/mol. The van der Waals surface area contributed by atoms with Gasteiger partial charge in [0.1, 0.15) is 5.75 Å². The van der Waals surface area contributed by atoms with Gasteiger partial charge in [-0.15, -0.1) is 0 Å². The van der Waals surface area contributed by atoms with Crippen LogP contribution in [0.1, 0.15) is 11.1 Å². The normalized spacial score (nSPS) is 10.2. The second-order valence-electron chi connectivity index (χ2n) is 2.97. The first-order valence-corrected chi connectivity index (χ1v) is 4.54. The Labute approximate surface area is 83.9 Å². The SMILES string of the molecule is CNCc1cc(C)cc(OC)c1Cl. The highest BCUT2D eigenvalue weighted by Gasteiger charge is 2.06. The lowest BCUT2D eigenvalue weighted by molar-refractivity contribution is 0.414. The lowest BCUT2D eigenvalue weighted by atomic mass is 10.1. The number of rotatable bonds is 3. The van der Waals surface area contributed by atoms with E-state index < -0.39 is 0 Å². The van der Waals surface area contributed by atoms with E-state index in [1.165, 1.54) is 0 Å². The van der Waals surface area contributed by atoms with Crippen molar-refractivity contribution in [1.82, 2.24) is 5.32 Å². The monoisotopic (exact) mass is 199 g/mol. The zero-order chi connectivity index (χ0) is 9.84. The summed E-state index contributed by atoms with van der Waals surface area (Å²) in [6, 6.07) is 3.99. The molecule has 0 fully saturated rings. The molecule has 1 N–H and O–H groups in total. The molecule has 0 unspecified atom stereocenters. The smallest absolute Gasteiger partial charge is 0.138 e. The number of benzene rings is 1. The number of halogens is 1. The highest BCUT2D eigenvalue weighted by Crippen LogP contribution is 2.29. The fourth-order valence-corrected chi connectivity index (χ4v) is 1.53. The summed E-state index contributed by atoms with van der Waals surface area (Å²) in [4.78, 5) is 0. The summed E-state index contributed by atoms with van der Waals surface area (Å²) in [5, 5.41) is 3.76. The molecule has 13 heavy (non-hydrogen) atoms. The largest absolute Gasteiger partial charge is 0.495 e. The molecule has 0 amide bonds. The average molecular weight is 200 g/mol. The summed E-state index contributed by atoms with van der Waals surface area (Å²) in [6.45, 7) is 2.79. The van der Waals surface area contributed by atoms with Gasteiger partial charge >= 0.3 is 0 Å². The van der Waals surface area contributed by atoms with Crippen LogP contribution in [0.2, 0.25) is 5.02 Å². The van der Waals surface area contributed by atoms with Crippen LogP contribution < -0.4 is 10.1 Å². The molecule has 0 aliphatic rings. The molecule has 0 saturated carbocycles. The van der Waals surface area contributed by atoms with Gasteiger partial charge in [-0.1, -0.05) is 17.7 Å². The van der Waals surface area contributed by atoms with Crippen molar-refractivity contribution in [2.24, 2.45) is 0 Å². The Kier molecular flexibility index (Phi) is 3.58. The van der Waals surface area contributed by atoms with E-state index in [0.717, 1.165) is 23.4 Å². The summed E-state index contributed by atoms with van der Waals surface area (Å²) < 4.78 is 5.15. The van der Waals surface area contributed by atoms with Crippen molar-refractivity contribution in [2.75, 3.05) is 14.2 Å². The van der Waals surface area contributed by atoms with Crippen molar-refractivity contribution in [2.45, 2.75) is 13.5 Å². The van der Waals surface area contributed by atoms with Crippen LogP contribution in [0.25, 0.3) is 0 Å². The van der Waals surface area contributed by atoms with Gasteiger partial charge in [0.25, 0.3) is 0 Å². The van der Waals surface area contributed by atoms with E-state index in [0.29, 0.717) is 5.02 Å². The number of aryl methyl sites for hydroxylation is 1. The van der Waals surface area contributed by atoms with Crippen LogP contribution in [0.5, 0.6) is 5.75 Å². The van der Waals surface area contributed by atoms with Crippen LogP contribution >= 0.6 is 11.6 Å². The summed E-state index contributed by atoms with van der Waals surface area (Å²) in [5.74, 6) is 0.743. The molecule has 0 heterocycles. The maximum absolute atomic E-state index is 6.09. The second-order valence-corrected chi connectivity index (χ2v) is 3.35.